The first-order valence-corrected chi connectivity index (χ1v) is 8.13. The van der Waals surface area contributed by atoms with Crippen molar-refractivity contribution in [3.63, 3.8) is 0 Å². The van der Waals surface area contributed by atoms with Crippen molar-refractivity contribution < 1.29 is 9.90 Å². The third-order valence-corrected chi connectivity index (χ3v) is 5.58. The Labute approximate surface area is 116 Å². The molecule has 2 aliphatic carbocycles. The molecule has 0 aromatic heterocycles. The smallest absolute Gasteiger partial charge is 0.226 e. The van der Waals surface area contributed by atoms with Crippen molar-refractivity contribution in [2.75, 3.05) is 6.54 Å². The Morgan fingerprint density at radius 3 is 2.74 bits per heavy atom. The summed E-state index contributed by atoms with van der Waals surface area (Å²) >= 11 is 0. The van der Waals surface area contributed by atoms with Crippen molar-refractivity contribution in [2.45, 2.75) is 70.4 Å². The van der Waals surface area contributed by atoms with Gasteiger partial charge in [0.1, 0.15) is 0 Å². The van der Waals surface area contributed by atoms with Crippen molar-refractivity contribution in [1.82, 2.24) is 4.90 Å². The number of aliphatic hydroxyl groups excluding tert-OH is 1. The zero-order valence-electron chi connectivity index (χ0n) is 12.1. The predicted octanol–water partition coefficient (Wildman–Crippen LogP) is 2.57. The summed E-state index contributed by atoms with van der Waals surface area (Å²) in [6.45, 7) is 2.76. The van der Waals surface area contributed by atoms with Gasteiger partial charge in [-0.1, -0.05) is 6.42 Å². The Bertz CT molecular complexity index is 342. The molecule has 1 N–H and O–H groups in total. The molecule has 0 aromatic rings. The summed E-state index contributed by atoms with van der Waals surface area (Å²) in [5.41, 5.74) is 0. The summed E-state index contributed by atoms with van der Waals surface area (Å²) < 4.78 is 0. The van der Waals surface area contributed by atoms with Crippen molar-refractivity contribution in [3.05, 3.63) is 0 Å². The lowest BCUT2D eigenvalue weighted by atomic mass is 9.86. The van der Waals surface area contributed by atoms with Crippen LogP contribution in [0.3, 0.4) is 0 Å². The second-order valence-electron chi connectivity index (χ2n) is 7.05. The van der Waals surface area contributed by atoms with E-state index in [2.05, 4.69) is 4.90 Å². The molecule has 3 rings (SSSR count). The third kappa shape index (κ3) is 2.67. The van der Waals surface area contributed by atoms with Gasteiger partial charge in [0.15, 0.2) is 0 Å². The van der Waals surface area contributed by atoms with Gasteiger partial charge in [-0.3, -0.25) is 4.79 Å². The van der Waals surface area contributed by atoms with Gasteiger partial charge in [-0.2, -0.15) is 0 Å². The second-order valence-corrected chi connectivity index (χ2v) is 7.05. The van der Waals surface area contributed by atoms with Crippen molar-refractivity contribution in [2.24, 2.45) is 17.8 Å². The fourth-order valence-electron chi connectivity index (χ4n) is 4.69. The van der Waals surface area contributed by atoms with Crippen molar-refractivity contribution in [1.29, 1.82) is 0 Å². The molecule has 1 saturated heterocycles. The van der Waals surface area contributed by atoms with E-state index in [0.717, 1.165) is 38.1 Å². The summed E-state index contributed by atoms with van der Waals surface area (Å²) in [7, 11) is 0. The highest BCUT2D eigenvalue weighted by molar-refractivity contribution is 5.80. The molecule has 0 radical (unpaired) electrons. The van der Waals surface area contributed by atoms with Crippen LogP contribution in [0, 0.1) is 17.8 Å². The maximum absolute atomic E-state index is 12.8. The van der Waals surface area contributed by atoms with E-state index < -0.39 is 0 Å². The number of aliphatic hydroxyl groups is 1. The first-order chi connectivity index (χ1) is 9.15. The molecule has 19 heavy (non-hydrogen) atoms. The highest BCUT2D eigenvalue weighted by atomic mass is 16.3. The quantitative estimate of drug-likeness (QED) is 0.852. The van der Waals surface area contributed by atoms with E-state index >= 15 is 0 Å². The Balaban J connectivity index is 1.66. The molecule has 1 amide bonds. The number of rotatable bonds is 3. The molecule has 3 aliphatic rings. The molecule has 2 saturated carbocycles. The average molecular weight is 265 g/mol. The fraction of sp³-hybridized carbons (Fsp3) is 0.938. The number of carbonyl (C=O) groups is 1. The monoisotopic (exact) mass is 265 g/mol. The summed E-state index contributed by atoms with van der Waals surface area (Å²) in [5.74, 6) is 2.23. The van der Waals surface area contributed by atoms with E-state index in [1.165, 1.54) is 25.7 Å². The second kappa shape index (κ2) is 5.43. The molecule has 5 atom stereocenters. The molecule has 3 fully saturated rings. The molecule has 2 bridgehead atoms. The summed E-state index contributed by atoms with van der Waals surface area (Å²) in [6.07, 6.45) is 8.96. The minimum absolute atomic E-state index is 0.292. The minimum atomic E-state index is -0.293. The van der Waals surface area contributed by atoms with Gasteiger partial charge < -0.3 is 10.0 Å². The van der Waals surface area contributed by atoms with E-state index in [1.54, 1.807) is 0 Å². The van der Waals surface area contributed by atoms with E-state index in [0.29, 0.717) is 23.8 Å². The summed E-state index contributed by atoms with van der Waals surface area (Å²) in [6, 6.07) is 0.292. The number of carbonyl (C=O) groups excluding carboxylic acids is 1. The number of piperidine rings is 1. The van der Waals surface area contributed by atoms with Crippen LogP contribution >= 0.6 is 0 Å². The van der Waals surface area contributed by atoms with Gasteiger partial charge in [0.2, 0.25) is 5.91 Å². The van der Waals surface area contributed by atoms with E-state index in [9.17, 15) is 9.90 Å². The van der Waals surface area contributed by atoms with Crippen LogP contribution in [0.2, 0.25) is 0 Å². The standard InChI is InChI=1S/C16H27NO2/c1-11(18)8-14-4-2-3-7-17(14)16(19)15-10-12-5-6-13(15)9-12/h11-15,18H,2-10H2,1H3. The van der Waals surface area contributed by atoms with Crippen LogP contribution in [-0.2, 0) is 4.79 Å². The Morgan fingerprint density at radius 1 is 1.26 bits per heavy atom. The number of likely N-dealkylation sites (tertiary alicyclic amines) is 1. The Kier molecular flexibility index (Phi) is 3.84. The maximum atomic E-state index is 12.8. The molecule has 1 aliphatic heterocycles. The number of fused-ring (bicyclic) bond motifs is 2. The first kappa shape index (κ1) is 13.4. The number of nitrogens with zero attached hydrogens (tertiary/aromatic N) is 1. The fourth-order valence-corrected chi connectivity index (χ4v) is 4.69. The molecular formula is C16H27NO2. The van der Waals surface area contributed by atoms with Crippen LogP contribution in [0.1, 0.15) is 58.3 Å². The van der Waals surface area contributed by atoms with Gasteiger partial charge in [0.25, 0.3) is 0 Å². The molecule has 3 nitrogen and oxygen atoms in total. The highest BCUT2D eigenvalue weighted by Crippen LogP contribution is 2.49. The number of hydrogen-bond donors (Lipinski definition) is 1. The molecule has 0 aromatic carbocycles. The molecule has 5 unspecified atom stereocenters. The molecule has 0 spiro atoms. The van der Waals surface area contributed by atoms with E-state index in [1.807, 2.05) is 6.92 Å². The Morgan fingerprint density at radius 2 is 2.11 bits per heavy atom. The SMILES string of the molecule is CC(O)CC1CCCCN1C(=O)C1CC2CCC1C2. The van der Waals surface area contributed by atoms with Gasteiger partial charge in [0.05, 0.1) is 6.10 Å². The summed E-state index contributed by atoms with van der Waals surface area (Å²) in [5, 5.41) is 9.64. The van der Waals surface area contributed by atoms with E-state index in [-0.39, 0.29) is 6.10 Å². The third-order valence-electron chi connectivity index (χ3n) is 5.58. The largest absolute Gasteiger partial charge is 0.393 e. The van der Waals surface area contributed by atoms with Gasteiger partial charge >= 0.3 is 0 Å². The van der Waals surface area contributed by atoms with E-state index in [4.69, 9.17) is 0 Å². The van der Waals surface area contributed by atoms with Gasteiger partial charge in [-0.05, 0) is 63.7 Å². The number of amides is 1. The molecule has 3 heteroatoms. The molecular weight excluding hydrogens is 238 g/mol. The van der Waals surface area contributed by atoms with Crippen LogP contribution < -0.4 is 0 Å². The zero-order chi connectivity index (χ0) is 13.4. The summed E-state index contributed by atoms with van der Waals surface area (Å²) in [4.78, 5) is 15.0. The van der Waals surface area contributed by atoms with Crippen LogP contribution in [-0.4, -0.2) is 34.6 Å². The molecule has 1 heterocycles. The molecule has 108 valence electrons. The topological polar surface area (TPSA) is 40.5 Å². The van der Waals surface area contributed by atoms with Gasteiger partial charge in [-0.25, -0.2) is 0 Å². The van der Waals surface area contributed by atoms with Crippen molar-refractivity contribution >= 4 is 5.91 Å². The first-order valence-electron chi connectivity index (χ1n) is 8.13. The normalized spacial score (nSPS) is 39.6. The number of hydrogen-bond acceptors (Lipinski definition) is 2. The average Bonchev–Trinajstić information content (AvgIpc) is 3.00. The van der Waals surface area contributed by atoms with Crippen LogP contribution in [0.25, 0.3) is 0 Å². The lowest BCUT2D eigenvalue weighted by Gasteiger charge is -2.39. The highest BCUT2D eigenvalue weighted by Gasteiger charge is 2.45. The lowest BCUT2D eigenvalue weighted by molar-refractivity contribution is -0.141. The van der Waals surface area contributed by atoms with Gasteiger partial charge in [0, 0.05) is 18.5 Å². The Hall–Kier alpha value is -0.570. The maximum Gasteiger partial charge on any atom is 0.226 e. The lowest BCUT2D eigenvalue weighted by Crippen LogP contribution is -2.48. The van der Waals surface area contributed by atoms with Crippen molar-refractivity contribution in [3.8, 4) is 0 Å². The van der Waals surface area contributed by atoms with Crippen LogP contribution in [0.15, 0.2) is 0 Å². The zero-order valence-corrected chi connectivity index (χ0v) is 12.1. The van der Waals surface area contributed by atoms with Gasteiger partial charge in [-0.15, -0.1) is 0 Å². The van der Waals surface area contributed by atoms with Crippen LogP contribution in [0.4, 0.5) is 0 Å². The predicted molar refractivity (Wildman–Crippen MR) is 74.6 cm³/mol. The minimum Gasteiger partial charge on any atom is -0.393 e. The van der Waals surface area contributed by atoms with Crippen LogP contribution in [0.5, 0.6) is 0 Å².